The number of nitrogens with one attached hydrogen (secondary N) is 2. The van der Waals surface area contributed by atoms with Gasteiger partial charge >= 0.3 is 6.03 Å². The third kappa shape index (κ3) is 30.4. The highest BCUT2D eigenvalue weighted by atomic mass is 16.2. The Morgan fingerprint density at radius 1 is 0.500 bits per heavy atom. The molecule has 0 aliphatic rings. The van der Waals surface area contributed by atoms with Crippen molar-refractivity contribution >= 4 is 18.0 Å². The Kier molecular flexibility index (Phi) is 32.4. The predicted octanol–water partition coefficient (Wildman–Crippen LogP) is 5.75. The number of nitrogens with two attached hydrogens (primary N) is 5. The molecule has 0 rings (SSSR count). The van der Waals surface area contributed by atoms with Gasteiger partial charge in [0, 0.05) is 39.3 Å². The molecule has 0 saturated heterocycles. The summed E-state index contributed by atoms with van der Waals surface area (Å²) in [7, 11) is 0. The van der Waals surface area contributed by atoms with E-state index in [1.165, 1.54) is 77.0 Å². The van der Waals surface area contributed by atoms with E-state index in [1.54, 1.807) is 0 Å². The number of carbonyl (C=O) groups is 1. The molecule has 12 N–H and O–H groups in total. The van der Waals surface area contributed by atoms with Gasteiger partial charge in [-0.25, -0.2) is 4.79 Å². The first-order chi connectivity index (χ1) is 22.4. The number of hydrogen-bond donors (Lipinski definition) is 7. The van der Waals surface area contributed by atoms with Gasteiger partial charge < -0.3 is 43.8 Å². The van der Waals surface area contributed by atoms with E-state index in [-0.39, 0.29) is 18.0 Å². The van der Waals surface area contributed by atoms with Gasteiger partial charge in [-0.1, -0.05) is 103 Å². The summed E-state index contributed by atoms with van der Waals surface area (Å²) < 4.78 is 0. The fraction of sp³-hybridized carbons (Fsp3) is 0.914. The van der Waals surface area contributed by atoms with Crippen molar-refractivity contribution in [3.63, 3.8) is 0 Å². The van der Waals surface area contributed by atoms with Crippen LogP contribution in [0, 0.1) is 5.41 Å². The molecule has 0 aliphatic carbocycles. The minimum atomic E-state index is 0.0489. The molecule has 0 aliphatic heterocycles. The second-order valence-corrected chi connectivity index (χ2v) is 13.0. The molecule has 0 heterocycles. The first kappa shape index (κ1) is 43.7. The van der Waals surface area contributed by atoms with E-state index in [1.807, 2.05) is 0 Å². The molecule has 2 amide bonds. The van der Waals surface area contributed by atoms with Gasteiger partial charge in [-0.05, 0) is 64.5 Å². The molecule has 11 heteroatoms. The lowest BCUT2D eigenvalue weighted by atomic mass is 10.1. The quantitative estimate of drug-likeness (QED) is 0.0260. The minimum Gasteiger partial charge on any atom is -0.370 e. The fourth-order valence-electron chi connectivity index (χ4n) is 5.80. The van der Waals surface area contributed by atoms with Crippen molar-refractivity contribution in [1.82, 2.24) is 15.1 Å². The molecule has 0 aromatic heterocycles. The van der Waals surface area contributed by atoms with E-state index in [0.29, 0.717) is 6.54 Å². The van der Waals surface area contributed by atoms with Gasteiger partial charge in [0.25, 0.3) is 0 Å². The third-order valence-electron chi connectivity index (χ3n) is 8.61. The normalized spacial score (nSPS) is 11.0. The second-order valence-electron chi connectivity index (χ2n) is 13.0. The van der Waals surface area contributed by atoms with Crippen LogP contribution >= 0.6 is 0 Å². The Labute approximate surface area is 283 Å². The lowest BCUT2D eigenvalue weighted by Crippen LogP contribution is -2.45. The molecular weight excluding hydrogens is 576 g/mol. The van der Waals surface area contributed by atoms with E-state index in [9.17, 15) is 4.79 Å². The maximum atomic E-state index is 14.0. The van der Waals surface area contributed by atoms with Gasteiger partial charge in [-0.3, -0.25) is 10.4 Å². The molecule has 11 nitrogen and oxygen atoms in total. The van der Waals surface area contributed by atoms with Crippen LogP contribution in [0.4, 0.5) is 4.79 Å². The van der Waals surface area contributed by atoms with Gasteiger partial charge in [0.2, 0.25) is 0 Å². The van der Waals surface area contributed by atoms with Crippen LogP contribution in [-0.4, -0.2) is 80.1 Å². The number of guanidine groups is 2. The van der Waals surface area contributed by atoms with Crippen LogP contribution in [0.1, 0.15) is 154 Å². The average Bonchev–Trinajstić information content (AvgIpc) is 3.03. The molecule has 0 spiro atoms. The Balaban J connectivity index is 4.91. The molecule has 0 unspecified atom stereocenters. The molecule has 0 saturated carbocycles. The van der Waals surface area contributed by atoms with Crippen LogP contribution in [0.15, 0.2) is 4.99 Å². The zero-order chi connectivity index (χ0) is 33.9. The topological polar surface area (TPSA) is 202 Å². The van der Waals surface area contributed by atoms with Gasteiger partial charge in [0.15, 0.2) is 11.9 Å². The van der Waals surface area contributed by atoms with Crippen molar-refractivity contribution in [2.45, 2.75) is 154 Å². The molecule has 0 atom stereocenters. The van der Waals surface area contributed by atoms with Crippen molar-refractivity contribution in [3.8, 4) is 0 Å². The summed E-state index contributed by atoms with van der Waals surface area (Å²) >= 11 is 0. The molecule has 0 bridgehead atoms. The summed E-state index contributed by atoms with van der Waals surface area (Å²) in [6.45, 7) is 6.45. The predicted molar refractivity (Wildman–Crippen MR) is 198 cm³/mol. The number of amides is 2. The number of nitrogens with zero attached hydrogens (tertiary/aromatic N) is 3. The Morgan fingerprint density at radius 3 is 1.17 bits per heavy atom. The smallest absolute Gasteiger partial charge is 0.319 e. The average molecular weight is 653 g/mol. The molecule has 0 radical (unpaired) electrons. The van der Waals surface area contributed by atoms with Crippen molar-refractivity contribution in [2.24, 2.45) is 33.7 Å². The maximum absolute atomic E-state index is 14.0. The summed E-state index contributed by atoms with van der Waals surface area (Å²) in [4.78, 5) is 22.4. The highest BCUT2D eigenvalue weighted by molar-refractivity contribution is 5.75. The summed E-state index contributed by atoms with van der Waals surface area (Å²) in [5.74, 6) is 0.222. The Morgan fingerprint density at radius 2 is 0.826 bits per heavy atom. The summed E-state index contributed by atoms with van der Waals surface area (Å²) in [5.41, 5.74) is 27.5. The Hall–Kier alpha value is -2.27. The maximum Gasteiger partial charge on any atom is 0.319 e. The lowest BCUT2D eigenvalue weighted by Gasteiger charge is -2.31. The zero-order valence-electron chi connectivity index (χ0n) is 29.8. The molecule has 0 aromatic carbocycles. The highest BCUT2D eigenvalue weighted by Crippen LogP contribution is 2.14. The molecule has 46 heavy (non-hydrogen) atoms. The number of unbranched alkanes of at least 4 members (excludes halogenated alkanes) is 20. The summed E-state index contributed by atoms with van der Waals surface area (Å²) in [6.07, 6.45) is 27.5. The highest BCUT2D eigenvalue weighted by Gasteiger charge is 2.20. The van der Waals surface area contributed by atoms with Crippen LogP contribution in [0.2, 0.25) is 0 Å². The van der Waals surface area contributed by atoms with E-state index >= 15 is 0 Å². The lowest BCUT2D eigenvalue weighted by molar-refractivity contribution is 0.148. The van der Waals surface area contributed by atoms with Crippen LogP contribution < -0.4 is 34.0 Å². The Bertz CT molecular complexity index is 717. The van der Waals surface area contributed by atoms with Crippen LogP contribution in [0.25, 0.3) is 0 Å². The van der Waals surface area contributed by atoms with E-state index in [0.717, 1.165) is 123 Å². The van der Waals surface area contributed by atoms with Gasteiger partial charge in [0.05, 0.1) is 0 Å². The minimum absolute atomic E-state index is 0.0489. The number of rotatable bonds is 34. The van der Waals surface area contributed by atoms with Crippen LogP contribution in [0.3, 0.4) is 0 Å². The van der Waals surface area contributed by atoms with Gasteiger partial charge in [-0.15, -0.1) is 0 Å². The number of aliphatic imine (C=N–C) groups is 1. The first-order valence-electron chi connectivity index (χ1n) is 19.0. The monoisotopic (exact) mass is 653 g/mol. The SMILES string of the molecule is N=C(N)NCCCCCCCCN(CCCCCCCCN)C(=O)N(CCCCCCCCN)CCCCCCCCN=C(N)N. The van der Waals surface area contributed by atoms with Crippen molar-refractivity contribution < 1.29 is 4.79 Å². The third-order valence-corrected chi connectivity index (χ3v) is 8.61. The fourth-order valence-corrected chi connectivity index (χ4v) is 5.80. The zero-order valence-corrected chi connectivity index (χ0v) is 29.8. The van der Waals surface area contributed by atoms with Gasteiger partial charge in [0.1, 0.15) is 0 Å². The van der Waals surface area contributed by atoms with E-state index < -0.39 is 0 Å². The molecule has 0 fully saturated rings. The van der Waals surface area contributed by atoms with E-state index in [4.69, 9.17) is 34.1 Å². The summed E-state index contributed by atoms with van der Waals surface area (Å²) in [5, 5.41) is 10.1. The van der Waals surface area contributed by atoms with Gasteiger partial charge in [-0.2, -0.15) is 0 Å². The van der Waals surface area contributed by atoms with Crippen LogP contribution in [-0.2, 0) is 0 Å². The number of carbonyl (C=O) groups excluding carboxylic acids is 1. The second kappa shape index (κ2) is 34.1. The van der Waals surface area contributed by atoms with Crippen LogP contribution in [0.5, 0.6) is 0 Å². The first-order valence-corrected chi connectivity index (χ1v) is 19.0. The van der Waals surface area contributed by atoms with Crippen molar-refractivity contribution in [1.29, 1.82) is 5.41 Å². The van der Waals surface area contributed by atoms with Crippen molar-refractivity contribution in [3.05, 3.63) is 0 Å². The van der Waals surface area contributed by atoms with Crippen molar-refractivity contribution in [2.75, 3.05) is 52.4 Å². The molecule has 272 valence electrons. The molecule has 0 aromatic rings. The number of hydrogen-bond acceptors (Lipinski definition) is 5. The van der Waals surface area contributed by atoms with E-state index in [2.05, 4.69) is 20.1 Å². The molecular formula is C35H76N10O. The standard InChI is InChI=1S/C35H76N10O/c36-25-17-9-1-5-13-21-29-44(31-23-15-7-3-11-19-27-42-33(38)39)35(46)45(30-22-14-6-2-10-18-26-37)32-24-16-8-4-12-20-28-43-34(40)41/h1-32,36-37H2,(H4,38,39,42)(H4,40,41,43). The largest absolute Gasteiger partial charge is 0.370 e. The summed E-state index contributed by atoms with van der Waals surface area (Å²) in [6, 6.07) is 0.249. The number of urea groups is 1.